The molecular formula is C16H16F3NO2. The lowest BCUT2D eigenvalue weighted by molar-refractivity contribution is -0.137. The van der Waals surface area contributed by atoms with Crippen LogP contribution in [0.2, 0.25) is 0 Å². The number of hydrogen-bond donors (Lipinski definition) is 1. The Labute approximate surface area is 126 Å². The van der Waals surface area contributed by atoms with Crippen LogP contribution in [0.1, 0.15) is 38.6 Å². The van der Waals surface area contributed by atoms with Crippen LogP contribution in [0.4, 0.5) is 13.2 Å². The van der Waals surface area contributed by atoms with E-state index in [1.807, 2.05) is 0 Å². The van der Waals surface area contributed by atoms with Crippen molar-refractivity contribution in [3.63, 3.8) is 0 Å². The molecule has 118 valence electrons. The van der Waals surface area contributed by atoms with Gasteiger partial charge in [0, 0.05) is 12.1 Å². The molecule has 1 aromatic heterocycles. The minimum atomic E-state index is -4.39. The third kappa shape index (κ3) is 3.32. The highest BCUT2D eigenvalue weighted by Gasteiger charge is 2.30. The van der Waals surface area contributed by atoms with Gasteiger partial charge in [-0.3, -0.25) is 4.79 Å². The zero-order chi connectivity index (χ0) is 16.5. The maximum Gasteiger partial charge on any atom is 0.416 e. The molecule has 0 aliphatic rings. The summed E-state index contributed by atoms with van der Waals surface area (Å²) in [5.41, 5.74) is 0.827. The van der Waals surface area contributed by atoms with Crippen LogP contribution < -0.4 is 5.32 Å². The van der Waals surface area contributed by atoms with Crippen molar-refractivity contribution in [2.75, 3.05) is 0 Å². The van der Waals surface area contributed by atoms with Crippen LogP contribution in [-0.4, -0.2) is 5.91 Å². The summed E-state index contributed by atoms with van der Waals surface area (Å²) < 4.78 is 43.3. The van der Waals surface area contributed by atoms with Gasteiger partial charge in [-0.25, -0.2) is 0 Å². The molecule has 0 saturated heterocycles. The Kier molecular flexibility index (Phi) is 4.30. The van der Waals surface area contributed by atoms with E-state index in [4.69, 9.17) is 4.42 Å². The maximum absolute atomic E-state index is 12.6. The number of furan rings is 1. The molecule has 0 aliphatic carbocycles. The van der Waals surface area contributed by atoms with Gasteiger partial charge in [-0.15, -0.1) is 0 Å². The minimum Gasteiger partial charge on any atom is -0.466 e. The largest absolute Gasteiger partial charge is 0.466 e. The second-order valence-corrected chi connectivity index (χ2v) is 5.10. The van der Waals surface area contributed by atoms with Crippen LogP contribution in [0.3, 0.4) is 0 Å². The zero-order valence-corrected chi connectivity index (χ0v) is 12.5. The van der Waals surface area contributed by atoms with Crippen molar-refractivity contribution in [1.82, 2.24) is 5.32 Å². The SMILES string of the molecule is Cc1oc(C)c(C(=O)NCc2cccc(C(F)(F)F)c2)c1C. The van der Waals surface area contributed by atoms with Crippen LogP contribution >= 0.6 is 0 Å². The van der Waals surface area contributed by atoms with Gasteiger partial charge in [0.25, 0.3) is 5.91 Å². The van der Waals surface area contributed by atoms with E-state index in [-0.39, 0.29) is 12.5 Å². The molecule has 0 bridgehead atoms. The first kappa shape index (κ1) is 16.1. The predicted molar refractivity (Wildman–Crippen MR) is 75.5 cm³/mol. The van der Waals surface area contributed by atoms with E-state index >= 15 is 0 Å². The van der Waals surface area contributed by atoms with Crippen molar-refractivity contribution in [3.05, 3.63) is 58.0 Å². The minimum absolute atomic E-state index is 0.0197. The zero-order valence-electron chi connectivity index (χ0n) is 12.5. The summed E-state index contributed by atoms with van der Waals surface area (Å²) >= 11 is 0. The molecule has 1 amide bonds. The fraction of sp³-hybridized carbons (Fsp3) is 0.312. The highest BCUT2D eigenvalue weighted by atomic mass is 19.4. The lowest BCUT2D eigenvalue weighted by atomic mass is 10.1. The van der Waals surface area contributed by atoms with Crippen molar-refractivity contribution in [3.8, 4) is 0 Å². The molecule has 2 rings (SSSR count). The van der Waals surface area contributed by atoms with Crippen LogP contribution in [0.15, 0.2) is 28.7 Å². The molecule has 0 atom stereocenters. The third-order valence-electron chi connectivity index (χ3n) is 3.50. The van der Waals surface area contributed by atoms with Crippen LogP contribution in [0.25, 0.3) is 0 Å². The topological polar surface area (TPSA) is 42.2 Å². The third-order valence-corrected chi connectivity index (χ3v) is 3.50. The van der Waals surface area contributed by atoms with E-state index in [0.717, 1.165) is 17.7 Å². The molecule has 0 unspecified atom stereocenters. The van der Waals surface area contributed by atoms with Gasteiger partial charge in [-0.1, -0.05) is 12.1 Å². The molecule has 0 spiro atoms. The van der Waals surface area contributed by atoms with E-state index in [1.165, 1.54) is 12.1 Å². The molecule has 1 N–H and O–H groups in total. The molecule has 0 fully saturated rings. The van der Waals surface area contributed by atoms with Crippen molar-refractivity contribution >= 4 is 5.91 Å². The lowest BCUT2D eigenvalue weighted by Crippen LogP contribution is -2.24. The van der Waals surface area contributed by atoms with E-state index in [2.05, 4.69) is 5.32 Å². The quantitative estimate of drug-likeness (QED) is 0.925. The number of rotatable bonds is 3. The Morgan fingerprint density at radius 1 is 1.18 bits per heavy atom. The van der Waals surface area contributed by atoms with Crippen molar-refractivity contribution < 1.29 is 22.4 Å². The number of halogens is 3. The molecule has 0 radical (unpaired) electrons. The first-order chi connectivity index (χ1) is 10.2. The fourth-order valence-electron chi connectivity index (χ4n) is 2.26. The standard InChI is InChI=1S/C16H16F3NO2/c1-9-10(2)22-11(3)14(9)15(21)20-8-12-5-4-6-13(7-12)16(17,18)19/h4-7H,8H2,1-3H3,(H,20,21). The Bertz CT molecular complexity index is 702. The first-order valence-corrected chi connectivity index (χ1v) is 6.71. The molecule has 1 aromatic carbocycles. The number of aryl methyl sites for hydroxylation is 2. The van der Waals surface area contributed by atoms with Gasteiger partial charge in [0.05, 0.1) is 11.1 Å². The van der Waals surface area contributed by atoms with Crippen LogP contribution in [-0.2, 0) is 12.7 Å². The number of carbonyl (C=O) groups excluding carboxylic acids is 1. The number of benzene rings is 1. The van der Waals surface area contributed by atoms with Crippen LogP contribution in [0.5, 0.6) is 0 Å². The molecule has 0 saturated carbocycles. The summed E-state index contributed by atoms with van der Waals surface area (Å²) in [6, 6.07) is 4.89. The normalized spacial score (nSPS) is 11.5. The average molecular weight is 311 g/mol. The van der Waals surface area contributed by atoms with E-state index in [1.54, 1.807) is 20.8 Å². The summed E-state index contributed by atoms with van der Waals surface area (Å²) in [6.07, 6.45) is -4.39. The smallest absolute Gasteiger partial charge is 0.416 e. The second kappa shape index (κ2) is 5.87. The molecule has 6 heteroatoms. The number of nitrogens with one attached hydrogen (secondary N) is 1. The second-order valence-electron chi connectivity index (χ2n) is 5.10. The van der Waals surface area contributed by atoms with Crippen LogP contribution in [0, 0.1) is 20.8 Å². The lowest BCUT2D eigenvalue weighted by Gasteiger charge is -2.09. The molecule has 0 aliphatic heterocycles. The van der Waals surface area contributed by atoms with E-state index in [9.17, 15) is 18.0 Å². The average Bonchev–Trinajstić information content (AvgIpc) is 2.69. The maximum atomic E-state index is 12.6. The molecular weight excluding hydrogens is 295 g/mol. The van der Waals surface area contributed by atoms with Gasteiger partial charge in [0.15, 0.2) is 0 Å². The Morgan fingerprint density at radius 3 is 2.41 bits per heavy atom. The number of amides is 1. The van der Waals surface area contributed by atoms with E-state index in [0.29, 0.717) is 22.6 Å². The van der Waals surface area contributed by atoms with Gasteiger partial charge in [0.1, 0.15) is 11.5 Å². The van der Waals surface area contributed by atoms with Crippen molar-refractivity contribution in [2.24, 2.45) is 0 Å². The Balaban J connectivity index is 2.12. The number of hydrogen-bond acceptors (Lipinski definition) is 2. The van der Waals surface area contributed by atoms with Crippen molar-refractivity contribution in [2.45, 2.75) is 33.5 Å². The number of carbonyl (C=O) groups is 1. The monoisotopic (exact) mass is 311 g/mol. The molecule has 1 heterocycles. The summed E-state index contributed by atoms with van der Waals surface area (Å²) in [5.74, 6) is 0.794. The van der Waals surface area contributed by atoms with Gasteiger partial charge in [-0.2, -0.15) is 13.2 Å². The fourth-order valence-corrected chi connectivity index (χ4v) is 2.26. The molecule has 22 heavy (non-hydrogen) atoms. The van der Waals surface area contributed by atoms with Gasteiger partial charge in [0.2, 0.25) is 0 Å². The van der Waals surface area contributed by atoms with Gasteiger partial charge in [-0.05, 0) is 38.5 Å². The Morgan fingerprint density at radius 2 is 1.86 bits per heavy atom. The van der Waals surface area contributed by atoms with Gasteiger partial charge >= 0.3 is 6.18 Å². The molecule has 2 aromatic rings. The Hall–Kier alpha value is -2.24. The first-order valence-electron chi connectivity index (χ1n) is 6.71. The van der Waals surface area contributed by atoms with E-state index < -0.39 is 11.7 Å². The number of alkyl halides is 3. The summed E-state index contributed by atoms with van der Waals surface area (Å²) in [6.45, 7) is 5.22. The molecule has 3 nitrogen and oxygen atoms in total. The summed E-state index contributed by atoms with van der Waals surface area (Å²) in [4.78, 5) is 12.2. The predicted octanol–water partition coefficient (Wildman–Crippen LogP) is 4.15. The summed E-state index contributed by atoms with van der Waals surface area (Å²) in [7, 11) is 0. The highest BCUT2D eigenvalue weighted by molar-refractivity contribution is 5.96. The highest BCUT2D eigenvalue weighted by Crippen LogP contribution is 2.29. The summed E-state index contributed by atoms with van der Waals surface area (Å²) in [5, 5.41) is 2.62. The van der Waals surface area contributed by atoms with Crippen molar-refractivity contribution in [1.29, 1.82) is 0 Å². The van der Waals surface area contributed by atoms with Gasteiger partial charge < -0.3 is 9.73 Å².